The number of amides is 1. The second-order valence-electron chi connectivity index (χ2n) is 8.56. The van der Waals surface area contributed by atoms with E-state index in [-0.39, 0.29) is 12.1 Å². The Morgan fingerprint density at radius 1 is 0.939 bits per heavy atom. The Balaban J connectivity index is 1.49. The molecular formula is C27H21Cl2N3O. The van der Waals surface area contributed by atoms with E-state index in [0.717, 1.165) is 59.3 Å². The molecule has 0 radical (unpaired) electrons. The fourth-order valence-electron chi connectivity index (χ4n) is 5.09. The molecule has 164 valence electrons. The average Bonchev–Trinajstić information content (AvgIpc) is 3.14. The molecule has 2 aliphatic heterocycles. The molecule has 0 fully saturated rings. The monoisotopic (exact) mass is 473 g/mol. The lowest BCUT2D eigenvalue weighted by Crippen LogP contribution is -2.44. The van der Waals surface area contributed by atoms with Gasteiger partial charge in [0, 0.05) is 51.9 Å². The summed E-state index contributed by atoms with van der Waals surface area (Å²) in [4.78, 5) is 23.2. The lowest BCUT2D eigenvalue weighted by molar-refractivity contribution is 0.0955. The Labute approximate surface area is 202 Å². The minimum Gasteiger partial charge on any atom is -0.288 e. The molecule has 4 nitrogen and oxygen atoms in total. The molecule has 3 aromatic carbocycles. The summed E-state index contributed by atoms with van der Waals surface area (Å²) in [6, 6.07) is 23.6. The SMILES string of the molecule is O=C1c2c3c(nc4ccc(Cl)cc24)CCN(CCc2ccccc2)C3N1c1ccc(Cl)cc1. The van der Waals surface area contributed by atoms with Crippen molar-refractivity contribution in [2.75, 3.05) is 18.0 Å². The lowest BCUT2D eigenvalue weighted by atomic mass is 9.96. The van der Waals surface area contributed by atoms with Crippen LogP contribution in [0.5, 0.6) is 0 Å². The van der Waals surface area contributed by atoms with Crippen LogP contribution in [0.1, 0.15) is 33.3 Å². The van der Waals surface area contributed by atoms with Gasteiger partial charge in [0.25, 0.3) is 5.91 Å². The second-order valence-corrected chi connectivity index (χ2v) is 9.43. The molecule has 0 saturated heterocycles. The van der Waals surface area contributed by atoms with Crippen molar-refractivity contribution in [3.63, 3.8) is 0 Å². The van der Waals surface area contributed by atoms with Gasteiger partial charge in [0.2, 0.25) is 0 Å². The van der Waals surface area contributed by atoms with Crippen molar-refractivity contribution >= 4 is 45.7 Å². The summed E-state index contributed by atoms with van der Waals surface area (Å²) in [5, 5.41) is 2.07. The van der Waals surface area contributed by atoms with Crippen molar-refractivity contribution in [3.8, 4) is 0 Å². The van der Waals surface area contributed by atoms with Crippen LogP contribution in [0, 0.1) is 0 Å². The number of carbonyl (C=O) groups excluding carboxylic acids is 1. The van der Waals surface area contributed by atoms with Crippen LogP contribution in [0.25, 0.3) is 10.9 Å². The predicted molar refractivity (Wildman–Crippen MR) is 133 cm³/mol. The standard InChI is InChI=1S/C27H21Cl2N3O/c28-18-6-9-20(10-7-18)32-26-25-23(13-15-31(26)14-12-17-4-2-1-3-5-17)30-22-11-8-19(29)16-21(22)24(25)27(32)33/h1-11,16,26H,12-15H2. The van der Waals surface area contributed by atoms with Crippen molar-refractivity contribution in [3.05, 3.63) is 105 Å². The third-order valence-electron chi connectivity index (χ3n) is 6.62. The van der Waals surface area contributed by atoms with E-state index in [9.17, 15) is 4.79 Å². The zero-order valence-corrected chi connectivity index (χ0v) is 19.4. The van der Waals surface area contributed by atoms with Crippen LogP contribution in [0.4, 0.5) is 5.69 Å². The highest BCUT2D eigenvalue weighted by Crippen LogP contribution is 2.46. The number of anilines is 1. The Morgan fingerprint density at radius 2 is 1.70 bits per heavy atom. The average molecular weight is 474 g/mol. The molecule has 3 heterocycles. The van der Waals surface area contributed by atoms with Gasteiger partial charge in [-0.25, -0.2) is 0 Å². The number of aromatic nitrogens is 1. The van der Waals surface area contributed by atoms with Gasteiger partial charge in [-0.2, -0.15) is 0 Å². The van der Waals surface area contributed by atoms with Crippen molar-refractivity contribution in [2.45, 2.75) is 19.0 Å². The Kier molecular flexibility index (Phi) is 5.10. The second kappa shape index (κ2) is 8.14. The first-order valence-electron chi connectivity index (χ1n) is 11.1. The number of benzene rings is 3. The van der Waals surface area contributed by atoms with E-state index in [2.05, 4.69) is 29.2 Å². The zero-order chi connectivity index (χ0) is 22.5. The van der Waals surface area contributed by atoms with Crippen LogP contribution in [0.2, 0.25) is 10.0 Å². The minimum absolute atomic E-state index is 0.0140. The Hall–Kier alpha value is -2.92. The van der Waals surface area contributed by atoms with E-state index in [4.69, 9.17) is 28.2 Å². The fourth-order valence-corrected chi connectivity index (χ4v) is 5.39. The van der Waals surface area contributed by atoms with Crippen LogP contribution in [0.3, 0.4) is 0 Å². The van der Waals surface area contributed by atoms with Gasteiger partial charge in [-0.1, -0.05) is 53.5 Å². The maximum absolute atomic E-state index is 14.0. The van der Waals surface area contributed by atoms with Crippen molar-refractivity contribution in [1.82, 2.24) is 9.88 Å². The van der Waals surface area contributed by atoms with Gasteiger partial charge in [-0.05, 0) is 54.4 Å². The first-order chi connectivity index (χ1) is 16.1. The van der Waals surface area contributed by atoms with Gasteiger partial charge >= 0.3 is 0 Å². The molecule has 0 N–H and O–H groups in total. The molecule has 0 bridgehead atoms. The van der Waals surface area contributed by atoms with Gasteiger partial charge in [0.05, 0.1) is 11.1 Å². The molecule has 2 aliphatic rings. The maximum Gasteiger partial charge on any atom is 0.261 e. The molecule has 33 heavy (non-hydrogen) atoms. The number of hydrogen-bond donors (Lipinski definition) is 0. The smallest absolute Gasteiger partial charge is 0.261 e. The highest BCUT2D eigenvalue weighted by atomic mass is 35.5. The number of rotatable bonds is 4. The molecular weight excluding hydrogens is 453 g/mol. The molecule has 1 amide bonds. The number of halogens is 2. The van der Waals surface area contributed by atoms with Crippen molar-refractivity contribution in [2.24, 2.45) is 0 Å². The molecule has 6 rings (SSSR count). The number of pyridine rings is 1. The summed E-state index contributed by atoms with van der Waals surface area (Å²) >= 11 is 12.5. The first-order valence-corrected chi connectivity index (χ1v) is 11.8. The van der Waals surface area contributed by atoms with E-state index in [1.807, 2.05) is 53.4 Å². The molecule has 1 unspecified atom stereocenters. The normalized spacial score (nSPS) is 17.6. The van der Waals surface area contributed by atoms with E-state index in [0.29, 0.717) is 10.0 Å². The third-order valence-corrected chi connectivity index (χ3v) is 7.10. The zero-order valence-electron chi connectivity index (χ0n) is 17.8. The van der Waals surface area contributed by atoms with E-state index < -0.39 is 0 Å². The Bertz CT molecular complexity index is 1370. The van der Waals surface area contributed by atoms with Gasteiger partial charge < -0.3 is 0 Å². The molecule has 0 saturated carbocycles. The molecule has 0 spiro atoms. The number of hydrogen-bond acceptors (Lipinski definition) is 3. The first kappa shape index (κ1) is 20.7. The van der Waals surface area contributed by atoms with Crippen molar-refractivity contribution in [1.29, 1.82) is 0 Å². The summed E-state index contributed by atoms with van der Waals surface area (Å²) in [6.45, 7) is 1.69. The summed E-state index contributed by atoms with van der Waals surface area (Å²) in [5.74, 6) is -0.0140. The Morgan fingerprint density at radius 3 is 2.48 bits per heavy atom. The van der Waals surface area contributed by atoms with E-state index in [1.165, 1.54) is 5.56 Å². The molecule has 1 aromatic heterocycles. The highest BCUT2D eigenvalue weighted by molar-refractivity contribution is 6.32. The number of nitrogens with zero attached hydrogens (tertiary/aromatic N) is 3. The molecule has 4 aromatic rings. The van der Waals surface area contributed by atoms with Gasteiger partial charge in [0.15, 0.2) is 0 Å². The van der Waals surface area contributed by atoms with Crippen LogP contribution in [-0.4, -0.2) is 28.9 Å². The summed E-state index contributed by atoms with van der Waals surface area (Å²) in [5.41, 5.74) is 5.68. The lowest BCUT2D eigenvalue weighted by Gasteiger charge is -2.39. The number of carbonyl (C=O) groups is 1. The highest BCUT2D eigenvalue weighted by Gasteiger charge is 2.46. The molecule has 0 aliphatic carbocycles. The fraction of sp³-hybridized carbons (Fsp3) is 0.185. The van der Waals surface area contributed by atoms with E-state index >= 15 is 0 Å². The summed E-state index contributed by atoms with van der Waals surface area (Å²) in [6.07, 6.45) is 1.53. The van der Waals surface area contributed by atoms with Gasteiger partial charge in [0.1, 0.15) is 6.17 Å². The van der Waals surface area contributed by atoms with Gasteiger partial charge in [-0.15, -0.1) is 0 Å². The predicted octanol–water partition coefficient (Wildman–Crippen LogP) is 6.30. The van der Waals surface area contributed by atoms with Crippen LogP contribution >= 0.6 is 23.2 Å². The van der Waals surface area contributed by atoms with Crippen LogP contribution in [-0.2, 0) is 12.8 Å². The molecule has 1 atom stereocenters. The number of fused-ring (bicyclic) bond motifs is 2. The topological polar surface area (TPSA) is 36.4 Å². The maximum atomic E-state index is 14.0. The summed E-state index contributed by atoms with van der Waals surface area (Å²) < 4.78 is 0. The van der Waals surface area contributed by atoms with Crippen molar-refractivity contribution < 1.29 is 4.79 Å². The van der Waals surface area contributed by atoms with E-state index in [1.54, 1.807) is 0 Å². The van der Waals surface area contributed by atoms with Crippen LogP contribution < -0.4 is 4.90 Å². The van der Waals surface area contributed by atoms with Crippen LogP contribution in [0.15, 0.2) is 72.8 Å². The van der Waals surface area contributed by atoms with Gasteiger partial charge in [-0.3, -0.25) is 19.6 Å². The molecule has 6 heteroatoms. The largest absolute Gasteiger partial charge is 0.288 e. The minimum atomic E-state index is -0.197. The summed E-state index contributed by atoms with van der Waals surface area (Å²) in [7, 11) is 0. The quantitative estimate of drug-likeness (QED) is 0.348. The third kappa shape index (κ3) is 3.50.